The highest BCUT2D eigenvalue weighted by atomic mass is 16.3. The lowest BCUT2D eigenvalue weighted by molar-refractivity contribution is 0.669. The molecule has 0 bridgehead atoms. The number of benzene rings is 9. The van der Waals surface area contributed by atoms with Gasteiger partial charge in [0.2, 0.25) is 0 Å². The van der Waals surface area contributed by atoms with Crippen molar-refractivity contribution < 1.29 is 41.4 Å². The van der Waals surface area contributed by atoms with Gasteiger partial charge in [-0.1, -0.05) is 145 Å². The summed E-state index contributed by atoms with van der Waals surface area (Å²) in [6.45, 7) is 0. The van der Waals surface area contributed by atoms with Crippen LogP contribution in [0.5, 0.6) is 0 Å². The zero-order valence-electron chi connectivity index (χ0n) is 50.5. The molecule has 0 aliphatic rings. The third kappa shape index (κ3) is 4.03. The summed E-state index contributed by atoms with van der Waals surface area (Å²) in [7, 11) is 0. The summed E-state index contributed by atoms with van der Waals surface area (Å²) < 4.78 is 248. The van der Waals surface area contributed by atoms with Crippen LogP contribution in [0.25, 0.3) is 98.4 Å². The van der Waals surface area contributed by atoms with Gasteiger partial charge in [0.25, 0.3) is 0 Å². The maximum atomic E-state index is 9.66. The fourth-order valence-electron chi connectivity index (χ4n) is 5.72. The van der Waals surface area contributed by atoms with Crippen LogP contribution in [0, 0.1) is 0 Å². The normalized spacial score (nSPS) is 19.9. The molecule has 10 rings (SSSR count). The van der Waals surface area contributed by atoms with Crippen LogP contribution in [0.15, 0.2) is 174 Å². The van der Waals surface area contributed by atoms with E-state index < -0.39 is 240 Å². The number of hydrogen-bond donors (Lipinski definition) is 0. The molecule has 0 N–H and O–H groups in total. The first-order valence-corrected chi connectivity index (χ1v) is 14.0. The monoisotopic (exact) mass is 623 g/mol. The minimum Gasteiger partial charge on any atom is -0.456 e. The lowest BCUT2D eigenvalue weighted by atomic mass is 9.85. The Hall–Kier alpha value is -6.18. The minimum atomic E-state index is -1.07. The summed E-state index contributed by atoms with van der Waals surface area (Å²) in [5.41, 5.74) is -5.43. The predicted molar refractivity (Wildman–Crippen MR) is 200 cm³/mol. The summed E-state index contributed by atoms with van der Waals surface area (Å²) in [4.78, 5) is 0. The lowest BCUT2D eigenvalue weighted by Crippen LogP contribution is -1.91. The summed E-state index contributed by atoms with van der Waals surface area (Å²) >= 11 is 0. The van der Waals surface area contributed by atoms with E-state index in [1.54, 1.807) is 0 Å². The van der Waals surface area contributed by atoms with Crippen molar-refractivity contribution in [2.24, 2.45) is 0 Å². The highest BCUT2D eigenvalue weighted by Gasteiger charge is 2.17. The lowest BCUT2D eigenvalue weighted by Gasteiger charge is -2.18. The van der Waals surface area contributed by atoms with Crippen LogP contribution in [-0.2, 0) is 0 Å². The van der Waals surface area contributed by atoms with Crippen molar-refractivity contribution >= 4 is 65.0 Å². The van der Waals surface area contributed by atoms with Crippen molar-refractivity contribution in [2.45, 2.75) is 0 Å². The third-order valence-corrected chi connectivity index (χ3v) is 7.78. The molecule has 1 heteroatoms. The molecular formula is C46H28O. The molecule has 0 fully saturated rings. The number of fused-ring (bicyclic) bond motifs is 8. The molecule has 0 radical (unpaired) electrons. The van der Waals surface area contributed by atoms with Gasteiger partial charge in [0.15, 0.2) is 0 Å². The maximum absolute atomic E-state index is 9.66. The molecule has 0 spiro atoms. The molecule has 0 aliphatic carbocycles. The molecule has 0 amide bonds. The van der Waals surface area contributed by atoms with E-state index in [1.165, 1.54) is 0 Å². The molecule has 0 saturated carbocycles. The molecule has 0 atom stereocenters. The summed E-state index contributed by atoms with van der Waals surface area (Å²) in [6.07, 6.45) is 0. The third-order valence-electron chi connectivity index (χ3n) is 7.78. The Labute approximate surface area is 309 Å². The van der Waals surface area contributed by atoms with Gasteiger partial charge in [0.1, 0.15) is 11.2 Å². The van der Waals surface area contributed by atoms with Crippen molar-refractivity contribution in [3.63, 3.8) is 0 Å². The number of furan rings is 1. The van der Waals surface area contributed by atoms with Crippen LogP contribution < -0.4 is 0 Å². The van der Waals surface area contributed by atoms with E-state index in [-0.39, 0.29) is 21.5 Å². The topological polar surface area (TPSA) is 13.1 Å². The first kappa shape index (κ1) is 11.0. The summed E-state index contributed by atoms with van der Waals surface area (Å²) in [5, 5.41) is -5.11. The second-order valence-corrected chi connectivity index (χ2v) is 10.3. The van der Waals surface area contributed by atoms with Crippen molar-refractivity contribution in [1.82, 2.24) is 0 Å². The molecule has 10 aromatic rings. The number of hydrogen-bond acceptors (Lipinski definition) is 1. The van der Waals surface area contributed by atoms with Gasteiger partial charge >= 0.3 is 0 Å². The molecule has 0 aliphatic heterocycles. The zero-order chi connectivity index (χ0) is 54.4. The molecule has 1 nitrogen and oxygen atoms in total. The molecule has 0 saturated heterocycles. The Kier molecular flexibility index (Phi) is 2.37. The zero-order valence-corrected chi connectivity index (χ0v) is 23.5. The van der Waals surface area contributed by atoms with Crippen LogP contribution in [0.1, 0.15) is 37.0 Å². The quantitative estimate of drug-likeness (QED) is 0.141. The highest BCUT2D eigenvalue weighted by Crippen LogP contribution is 2.45. The number of para-hydroxylation sites is 1. The Morgan fingerprint density at radius 1 is 0.319 bits per heavy atom. The fraction of sp³-hybridized carbons (Fsp3) is 0. The highest BCUT2D eigenvalue weighted by molar-refractivity contribution is 6.22. The second-order valence-electron chi connectivity index (χ2n) is 10.3. The minimum absolute atomic E-state index is 0.345. The first-order chi connectivity index (χ1) is 34.6. The van der Waals surface area contributed by atoms with Crippen molar-refractivity contribution in [1.29, 1.82) is 0 Å². The SMILES string of the molecule is [2H]c1c([2H])c(-c2c3c([2H])c([2H])c([2H])c([2H])c3c(-c3c([2H])c([2H])c4c(cc([2H])c5c([2H])c([2H])c([2H])c([2H])c54)c3[2H])c3c([2H])c([2H])c([2H])c([2H])c23)c([2H])c([2H])c1-c1c([2H])c([2H])c2oc3c([2H])c([2H])c([2H])c([2H])c3c2c1[2H]. The van der Waals surface area contributed by atoms with Crippen molar-refractivity contribution in [2.75, 3.05) is 0 Å². The van der Waals surface area contributed by atoms with Crippen LogP contribution in [0.2, 0.25) is 0 Å². The summed E-state index contributed by atoms with van der Waals surface area (Å²) in [5.74, 6) is 0. The molecule has 0 unspecified atom stereocenters. The molecule has 1 heterocycles. The van der Waals surface area contributed by atoms with Gasteiger partial charge in [-0.3, -0.25) is 0 Å². The van der Waals surface area contributed by atoms with Gasteiger partial charge in [0, 0.05) is 10.8 Å². The average Bonchev–Trinajstić information content (AvgIpc) is 3.78. The second kappa shape index (κ2) is 10.2. The van der Waals surface area contributed by atoms with Crippen LogP contribution in [-0.4, -0.2) is 0 Å². The van der Waals surface area contributed by atoms with Crippen LogP contribution in [0.3, 0.4) is 0 Å². The van der Waals surface area contributed by atoms with Crippen LogP contribution in [0.4, 0.5) is 0 Å². The van der Waals surface area contributed by atoms with E-state index in [0.717, 1.165) is 6.07 Å². The Morgan fingerprint density at radius 3 is 1.55 bits per heavy atom. The van der Waals surface area contributed by atoms with Crippen LogP contribution >= 0.6 is 0 Å². The molecular weight excluding hydrogens is 569 g/mol. The van der Waals surface area contributed by atoms with Gasteiger partial charge < -0.3 is 4.42 Å². The first-order valence-electron chi connectivity index (χ1n) is 27.5. The van der Waals surface area contributed by atoms with E-state index >= 15 is 0 Å². The largest absolute Gasteiger partial charge is 0.456 e. The van der Waals surface area contributed by atoms with E-state index in [4.69, 9.17) is 25.0 Å². The van der Waals surface area contributed by atoms with Crippen molar-refractivity contribution in [3.8, 4) is 33.4 Å². The standard InChI is InChI=1S/C46H28O/c1-2-10-35-30(9-1)19-22-33-27-34(23-25-36(33)35)46-40-14-5-3-12-38(40)45(39-13-4-6-15-41(39)46)31-20-17-29(18-21-31)32-24-26-44-42(28-32)37-11-7-8-16-43(37)47-44/h1-28H/i1D,2D,3D,4D,5D,6D,7D,8D,9D,10D,11D,12D,13D,14D,15D,16D,17D,18D,19D,20D,21D,23D,24D,25D,26D,27D,28D. The van der Waals surface area contributed by atoms with E-state index in [9.17, 15) is 16.4 Å². The van der Waals surface area contributed by atoms with Gasteiger partial charge in [0.05, 0.1) is 37.0 Å². The summed E-state index contributed by atoms with van der Waals surface area (Å²) in [6, 6.07) is -22.2. The van der Waals surface area contributed by atoms with Gasteiger partial charge in [-0.05, 0) is 101 Å². The fourth-order valence-corrected chi connectivity index (χ4v) is 5.72. The van der Waals surface area contributed by atoms with E-state index in [1.807, 2.05) is 0 Å². The van der Waals surface area contributed by atoms with E-state index in [0.29, 0.717) is 0 Å². The molecule has 47 heavy (non-hydrogen) atoms. The molecule has 9 aromatic carbocycles. The average molecular weight is 624 g/mol. The maximum Gasteiger partial charge on any atom is 0.135 e. The predicted octanol–water partition coefficient (Wildman–Crippen LogP) is 13.2. The van der Waals surface area contributed by atoms with E-state index in [2.05, 4.69) is 0 Å². The molecule has 1 aromatic heterocycles. The van der Waals surface area contributed by atoms with Gasteiger partial charge in [-0.15, -0.1) is 0 Å². The van der Waals surface area contributed by atoms with Crippen molar-refractivity contribution in [3.05, 3.63) is 169 Å². The Morgan fingerprint density at radius 2 is 0.830 bits per heavy atom. The van der Waals surface area contributed by atoms with Gasteiger partial charge in [-0.25, -0.2) is 0 Å². The van der Waals surface area contributed by atoms with Gasteiger partial charge in [-0.2, -0.15) is 0 Å². The smallest absolute Gasteiger partial charge is 0.135 e. The molecule has 218 valence electrons. The Balaban J connectivity index is 1.41. The number of rotatable bonds is 3. The Bertz CT molecular complexity index is 4280.